The van der Waals surface area contributed by atoms with Crippen molar-refractivity contribution in [2.24, 2.45) is 0 Å². The number of urea groups is 1. The first-order valence-corrected chi connectivity index (χ1v) is 5.96. The van der Waals surface area contributed by atoms with E-state index < -0.39 is 17.5 Å². The average molecular weight is 257 g/mol. The van der Waals surface area contributed by atoms with Crippen LogP contribution < -0.4 is 16.0 Å². The third-order valence-electron chi connectivity index (χ3n) is 2.92. The Hall–Kier alpha value is -1.79. The lowest BCUT2D eigenvalue weighted by Crippen LogP contribution is -2.56. The van der Waals surface area contributed by atoms with Gasteiger partial charge in [0.15, 0.2) is 0 Å². The summed E-state index contributed by atoms with van der Waals surface area (Å²) >= 11 is 0. The normalized spacial score (nSPS) is 21.9. The second-order valence-electron chi connectivity index (χ2n) is 4.69. The molecule has 3 amide bonds. The van der Waals surface area contributed by atoms with Crippen molar-refractivity contribution in [3.05, 3.63) is 0 Å². The largest absolute Gasteiger partial charge is 0.480 e. The minimum Gasteiger partial charge on any atom is -0.480 e. The summed E-state index contributed by atoms with van der Waals surface area (Å²) in [4.78, 5) is 33.8. The summed E-state index contributed by atoms with van der Waals surface area (Å²) in [6.07, 6.45) is 1.22. The second kappa shape index (κ2) is 5.70. The minimum atomic E-state index is -1.28. The van der Waals surface area contributed by atoms with Gasteiger partial charge < -0.3 is 21.1 Å². The molecule has 0 aromatic rings. The van der Waals surface area contributed by atoms with Gasteiger partial charge in [0.05, 0.1) is 6.04 Å². The predicted octanol–water partition coefficient (Wildman–Crippen LogP) is -0.182. The van der Waals surface area contributed by atoms with E-state index >= 15 is 0 Å². The maximum absolute atomic E-state index is 11.7. The number of rotatable bonds is 5. The summed E-state index contributed by atoms with van der Waals surface area (Å²) in [5.74, 6) is -1.19. The van der Waals surface area contributed by atoms with E-state index in [2.05, 4.69) is 16.0 Å². The third-order valence-corrected chi connectivity index (χ3v) is 2.92. The van der Waals surface area contributed by atoms with E-state index in [0.29, 0.717) is 19.4 Å². The average Bonchev–Trinajstić information content (AvgIpc) is 2.63. The van der Waals surface area contributed by atoms with Crippen molar-refractivity contribution in [3.8, 4) is 0 Å². The Kier molecular flexibility index (Phi) is 4.52. The molecule has 0 radical (unpaired) electrons. The lowest BCUT2D eigenvalue weighted by atomic mass is 9.96. The number of amides is 3. The van der Waals surface area contributed by atoms with Gasteiger partial charge in [0.1, 0.15) is 5.54 Å². The molecule has 1 fully saturated rings. The molecule has 18 heavy (non-hydrogen) atoms. The van der Waals surface area contributed by atoms with Crippen LogP contribution in [0.5, 0.6) is 0 Å². The molecule has 2 unspecified atom stereocenters. The van der Waals surface area contributed by atoms with E-state index in [1.807, 2.05) is 6.92 Å². The molecule has 7 heteroatoms. The standard InChI is InChI=1S/C11H19N3O4/c1-3-4-11(2,9(16)17)14-10(18)13-7-5-8(15)12-6-7/h7H,3-6H2,1-2H3,(H,12,15)(H,16,17)(H2,13,14,18). The lowest BCUT2D eigenvalue weighted by molar-refractivity contribution is -0.144. The van der Waals surface area contributed by atoms with Gasteiger partial charge >= 0.3 is 12.0 Å². The molecule has 1 heterocycles. The molecule has 2 atom stereocenters. The maximum Gasteiger partial charge on any atom is 0.329 e. The predicted molar refractivity (Wildman–Crippen MR) is 64.0 cm³/mol. The molecular formula is C11H19N3O4. The molecule has 0 aromatic carbocycles. The molecule has 1 saturated heterocycles. The van der Waals surface area contributed by atoms with E-state index in [-0.39, 0.29) is 18.4 Å². The van der Waals surface area contributed by atoms with Crippen molar-refractivity contribution >= 4 is 17.9 Å². The molecule has 0 aliphatic carbocycles. The molecular weight excluding hydrogens is 238 g/mol. The Morgan fingerprint density at radius 1 is 1.56 bits per heavy atom. The highest BCUT2D eigenvalue weighted by atomic mass is 16.4. The van der Waals surface area contributed by atoms with Gasteiger partial charge in [0.25, 0.3) is 0 Å². The van der Waals surface area contributed by atoms with Gasteiger partial charge in [-0.25, -0.2) is 9.59 Å². The molecule has 0 saturated carbocycles. The van der Waals surface area contributed by atoms with Gasteiger partial charge in [0, 0.05) is 13.0 Å². The van der Waals surface area contributed by atoms with Crippen LogP contribution in [0.15, 0.2) is 0 Å². The van der Waals surface area contributed by atoms with Gasteiger partial charge in [-0.2, -0.15) is 0 Å². The van der Waals surface area contributed by atoms with Crippen molar-refractivity contribution in [1.82, 2.24) is 16.0 Å². The van der Waals surface area contributed by atoms with Crippen LogP contribution in [-0.4, -0.2) is 41.1 Å². The van der Waals surface area contributed by atoms with E-state index in [1.165, 1.54) is 6.92 Å². The molecule has 0 bridgehead atoms. The molecule has 0 spiro atoms. The van der Waals surface area contributed by atoms with Crippen LogP contribution in [0.3, 0.4) is 0 Å². The van der Waals surface area contributed by atoms with Gasteiger partial charge in [-0.05, 0) is 13.3 Å². The van der Waals surface area contributed by atoms with Gasteiger partial charge in [-0.15, -0.1) is 0 Å². The van der Waals surface area contributed by atoms with Crippen LogP contribution in [0.25, 0.3) is 0 Å². The van der Waals surface area contributed by atoms with Crippen molar-refractivity contribution in [1.29, 1.82) is 0 Å². The Labute approximate surface area is 105 Å². The minimum absolute atomic E-state index is 0.116. The summed E-state index contributed by atoms with van der Waals surface area (Å²) in [5, 5.41) is 16.7. The number of aliphatic carboxylic acids is 1. The Bertz CT molecular complexity index is 358. The Morgan fingerprint density at radius 2 is 2.22 bits per heavy atom. The molecule has 4 N–H and O–H groups in total. The number of carboxylic acid groups (broad SMARTS) is 1. The van der Waals surface area contributed by atoms with Crippen LogP contribution in [-0.2, 0) is 9.59 Å². The van der Waals surface area contributed by atoms with Crippen LogP contribution >= 0.6 is 0 Å². The number of carbonyl (C=O) groups excluding carboxylic acids is 2. The summed E-state index contributed by atoms with van der Waals surface area (Å²) < 4.78 is 0. The summed E-state index contributed by atoms with van der Waals surface area (Å²) in [7, 11) is 0. The third kappa shape index (κ3) is 3.61. The van der Waals surface area contributed by atoms with Gasteiger partial charge in [-0.3, -0.25) is 4.79 Å². The van der Waals surface area contributed by atoms with E-state index in [4.69, 9.17) is 5.11 Å². The zero-order valence-corrected chi connectivity index (χ0v) is 10.6. The first-order valence-electron chi connectivity index (χ1n) is 5.96. The van der Waals surface area contributed by atoms with E-state index in [9.17, 15) is 14.4 Å². The lowest BCUT2D eigenvalue weighted by Gasteiger charge is -2.26. The number of carbonyl (C=O) groups is 3. The Morgan fingerprint density at radius 3 is 2.67 bits per heavy atom. The second-order valence-corrected chi connectivity index (χ2v) is 4.69. The number of carboxylic acids is 1. The zero-order chi connectivity index (χ0) is 13.8. The highest BCUT2D eigenvalue weighted by Gasteiger charge is 2.34. The molecule has 1 rings (SSSR count). The first-order chi connectivity index (χ1) is 8.37. The SMILES string of the molecule is CCCC(C)(NC(=O)NC1CNC(=O)C1)C(=O)O. The van der Waals surface area contributed by atoms with Crippen LogP contribution in [0.1, 0.15) is 33.1 Å². The van der Waals surface area contributed by atoms with Crippen LogP contribution in [0.4, 0.5) is 4.79 Å². The number of nitrogens with one attached hydrogen (secondary N) is 3. The summed E-state index contributed by atoms with van der Waals surface area (Å²) in [6.45, 7) is 3.70. The van der Waals surface area contributed by atoms with Crippen LogP contribution in [0.2, 0.25) is 0 Å². The number of hydrogen-bond donors (Lipinski definition) is 4. The topological polar surface area (TPSA) is 108 Å². The van der Waals surface area contributed by atoms with Crippen molar-refractivity contribution in [2.75, 3.05) is 6.54 Å². The van der Waals surface area contributed by atoms with E-state index in [1.54, 1.807) is 0 Å². The summed E-state index contributed by atoms with van der Waals surface area (Å²) in [5.41, 5.74) is -1.28. The fourth-order valence-corrected chi connectivity index (χ4v) is 1.90. The Balaban J connectivity index is 2.51. The molecule has 102 valence electrons. The van der Waals surface area contributed by atoms with E-state index in [0.717, 1.165) is 0 Å². The molecule has 1 aliphatic rings. The van der Waals surface area contributed by atoms with Crippen molar-refractivity contribution in [2.45, 2.75) is 44.7 Å². The zero-order valence-electron chi connectivity index (χ0n) is 10.6. The highest BCUT2D eigenvalue weighted by Crippen LogP contribution is 2.12. The summed E-state index contributed by atoms with van der Waals surface area (Å²) in [6, 6.07) is -0.841. The maximum atomic E-state index is 11.7. The van der Waals surface area contributed by atoms with Crippen molar-refractivity contribution < 1.29 is 19.5 Å². The molecule has 1 aliphatic heterocycles. The van der Waals surface area contributed by atoms with Gasteiger partial charge in [-0.1, -0.05) is 13.3 Å². The van der Waals surface area contributed by atoms with Crippen molar-refractivity contribution in [3.63, 3.8) is 0 Å². The number of hydrogen-bond acceptors (Lipinski definition) is 3. The monoisotopic (exact) mass is 257 g/mol. The smallest absolute Gasteiger partial charge is 0.329 e. The van der Waals surface area contributed by atoms with Gasteiger partial charge in [0.2, 0.25) is 5.91 Å². The quantitative estimate of drug-likeness (QED) is 0.548. The fraction of sp³-hybridized carbons (Fsp3) is 0.727. The first kappa shape index (κ1) is 14.3. The highest BCUT2D eigenvalue weighted by molar-refractivity contribution is 5.86. The molecule has 0 aromatic heterocycles. The van der Waals surface area contributed by atoms with Crippen LogP contribution in [0, 0.1) is 0 Å². The molecule has 7 nitrogen and oxygen atoms in total. The fourth-order valence-electron chi connectivity index (χ4n) is 1.90.